The van der Waals surface area contributed by atoms with Gasteiger partial charge in [0.05, 0.1) is 5.69 Å². The van der Waals surface area contributed by atoms with Crippen LogP contribution in [0.15, 0.2) is 27.8 Å². The van der Waals surface area contributed by atoms with Gasteiger partial charge in [-0.25, -0.2) is 4.79 Å². The lowest BCUT2D eigenvalue weighted by Crippen LogP contribution is -2.36. The van der Waals surface area contributed by atoms with Crippen LogP contribution in [0.5, 0.6) is 5.75 Å². The first-order chi connectivity index (χ1) is 12.8. The highest BCUT2D eigenvalue weighted by atomic mass is 16.5. The Balaban J connectivity index is 1.68. The number of anilines is 2. The molecule has 2 heterocycles. The highest BCUT2D eigenvalue weighted by molar-refractivity contribution is 5.99. The minimum Gasteiger partial charge on any atom is -0.479 e. The largest absolute Gasteiger partial charge is 0.479 e. The number of nitrogens with one attached hydrogen (secondary N) is 3. The molecule has 1 aliphatic heterocycles. The number of carbonyl (C=O) groups excluding carboxylic acids is 2. The number of nitrogens with zero attached hydrogens (tertiary/aromatic N) is 1. The highest BCUT2D eigenvalue weighted by Crippen LogP contribution is 2.32. The maximum Gasteiger partial charge on any atom is 0.328 e. The molecule has 3 rings (SSSR count). The molecule has 0 saturated carbocycles. The second-order valence-electron chi connectivity index (χ2n) is 6.41. The van der Waals surface area contributed by atoms with Crippen molar-refractivity contribution in [1.82, 2.24) is 9.55 Å². The molecule has 1 aliphatic rings. The number of aromatic amines is 1. The lowest BCUT2D eigenvalue weighted by atomic mass is 10.1. The number of rotatable bonds is 4. The summed E-state index contributed by atoms with van der Waals surface area (Å²) in [5.41, 5.74) is 0.945. The van der Waals surface area contributed by atoms with Crippen LogP contribution >= 0.6 is 0 Å². The summed E-state index contributed by atoms with van der Waals surface area (Å²) in [5, 5.41) is 5.44. The van der Waals surface area contributed by atoms with E-state index in [2.05, 4.69) is 15.6 Å². The van der Waals surface area contributed by atoms with Gasteiger partial charge in [0.2, 0.25) is 5.91 Å². The summed E-state index contributed by atoms with van der Waals surface area (Å²) in [5.74, 6) is -0.0122. The number of hydrogen-bond acceptors (Lipinski definition) is 5. The Bertz CT molecular complexity index is 1040. The van der Waals surface area contributed by atoms with Crippen LogP contribution in [-0.2, 0) is 23.1 Å². The second-order valence-corrected chi connectivity index (χ2v) is 6.41. The summed E-state index contributed by atoms with van der Waals surface area (Å²) in [4.78, 5) is 50.2. The number of hydrogen-bond donors (Lipinski definition) is 3. The standard InChI is InChI=1S/C18H20N4O5/c1-9-12(17(25)22(3)18(26)19-9)5-7-15(23)20-11-4-6-14-13(8-11)21-16(24)10(2)27-14/h4,6,8,10H,5,7H2,1-3H3,(H,19,26)(H,20,23)(H,21,24). The molecule has 0 spiro atoms. The van der Waals surface area contributed by atoms with E-state index in [-0.39, 0.29) is 24.7 Å². The van der Waals surface area contributed by atoms with Crippen molar-refractivity contribution < 1.29 is 14.3 Å². The predicted octanol–water partition coefficient (Wildman–Crippen LogP) is 0.673. The molecular formula is C18H20N4O5. The SMILES string of the molecule is Cc1[nH]c(=O)n(C)c(=O)c1CCC(=O)Nc1ccc2c(c1)NC(=O)C(C)O2. The Hall–Kier alpha value is -3.36. The molecule has 9 heteroatoms. The number of carbonyl (C=O) groups is 2. The Kier molecular flexibility index (Phi) is 4.85. The fourth-order valence-electron chi connectivity index (χ4n) is 2.82. The van der Waals surface area contributed by atoms with E-state index < -0.39 is 17.4 Å². The Morgan fingerprint density at radius 1 is 1.30 bits per heavy atom. The van der Waals surface area contributed by atoms with Gasteiger partial charge in [-0.3, -0.25) is 19.0 Å². The average Bonchev–Trinajstić information content (AvgIpc) is 2.61. The Morgan fingerprint density at radius 3 is 2.78 bits per heavy atom. The fraction of sp³-hybridized carbons (Fsp3) is 0.333. The molecule has 2 amide bonds. The van der Waals surface area contributed by atoms with E-state index in [1.165, 1.54) is 7.05 Å². The van der Waals surface area contributed by atoms with E-state index in [1.807, 2.05) is 0 Å². The third kappa shape index (κ3) is 3.76. The van der Waals surface area contributed by atoms with Crippen molar-refractivity contribution in [3.63, 3.8) is 0 Å². The third-order valence-electron chi connectivity index (χ3n) is 4.41. The molecule has 0 fully saturated rings. The van der Waals surface area contributed by atoms with Gasteiger partial charge in [0, 0.05) is 30.4 Å². The maximum absolute atomic E-state index is 12.2. The van der Waals surface area contributed by atoms with Crippen molar-refractivity contribution in [2.45, 2.75) is 32.8 Å². The molecule has 1 aromatic carbocycles. The number of fused-ring (bicyclic) bond motifs is 1. The summed E-state index contributed by atoms with van der Waals surface area (Å²) in [6.45, 7) is 3.28. The van der Waals surface area contributed by atoms with Gasteiger partial charge in [0.25, 0.3) is 11.5 Å². The predicted molar refractivity (Wildman–Crippen MR) is 99.2 cm³/mol. The van der Waals surface area contributed by atoms with Crippen molar-refractivity contribution in [2.24, 2.45) is 7.05 Å². The van der Waals surface area contributed by atoms with Crippen LogP contribution in [0.1, 0.15) is 24.6 Å². The zero-order valence-electron chi connectivity index (χ0n) is 15.2. The minimum absolute atomic E-state index is 0.0686. The first-order valence-electron chi connectivity index (χ1n) is 8.46. The summed E-state index contributed by atoms with van der Waals surface area (Å²) in [6.07, 6.45) is -0.302. The molecule has 2 aromatic rings. The molecular weight excluding hydrogens is 352 g/mol. The topological polar surface area (TPSA) is 122 Å². The van der Waals surface area contributed by atoms with Gasteiger partial charge in [-0.1, -0.05) is 0 Å². The van der Waals surface area contributed by atoms with Crippen molar-refractivity contribution in [3.8, 4) is 5.75 Å². The molecule has 0 radical (unpaired) electrons. The lowest BCUT2D eigenvalue weighted by molar-refractivity contribution is -0.122. The Labute approximate surface area is 154 Å². The van der Waals surface area contributed by atoms with E-state index in [9.17, 15) is 19.2 Å². The van der Waals surface area contributed by atoms with Crippen LogP contribution in [0.4, 0.5) is 11.4 Å². The van der Waals surface area contributed by atoms with Crippen LogP contribution in [-0.4, -0.2) is 27.5 Å². The maximum atomic E-state index is 12.2. The van der Waals surface area contributed by atoms with E-state index in [0.29, 0.717) is 28.4 Å². The van der Waals surface area contributed by atoms with Crippen molar-refractivity contribution in [3.05, 3.63) is 50.3 Å². The molecule has 0 aliphatic carbocycles. The number of aromatic nitrogens is 2. The normalized spacial score (nSPS) is 15.5. The highest BCUT2D eigenvalue weighted by Gasteiger charge is 2.23. The number of aryl methyl sites for hydroxylation is 1. The molecule has 1 unspecified atom stereocenters. The quantitative estimate of drug-likeness (QED) is 0.728. The van der Waals surface area contributed by atoms with Crippen LogP contribution in [0.3, 0.4) is 0 Å². The van der Waals surface area contributed by atoms with Gasteiger partial charge in [-0.15, -0.1) is 0 Å². The van der Waals surface area contributed by atoms with Crippen molar-refractivity contribution in [1.29, 1.82) is 0 Å². The number of benzene rings is 1. The van der Waals surface area contributed by atoms with Gasteiger partial charge in [-0.2, -0.15) is 0 Å². The smallest absolute Gasteiger partial charge is 0.328 e. The first kappa shape index (κ1) is 18.4. The minimum atomic E-state index is -0.568. The molecule has 0 saturated heterocycles. The summed E-state index contributed by atoms with van der Waals surface area (Å²) >= 11 is 0. The lowest BCUT2D eigenvalue weighted by Gasteiger charge is -2.23. The fourth-order valence-corrected chi connectivity index (χ4v) is 2.82. The summed E-state index contributed by atoms with van der Waals surface area (Å²) in [7, 11) is 1.38. The number of H-pyrrole nitrogens is 1. The molecule has 9 nitrogen and oxygen atoms in total. The monoisotopic (exact) mass is 372 g/mol. The number of ether oxygens (including phenoxy) is 1. The first-order valence-corrected chi connectivity index (χ1v) is 8.46. The summed E-state index contributed by atoms with van der Waals surface area (Å²) in [6, 6.07) is 4.95. The molecule has 3 N–H and O–H groups in total. The summed E-state index contributed by atoms with van der Waals surface area (Å²) < 4.78 is 6.45. The van der Waals surface area contributed by atoms with E-state index in [0.717, 1.165) is 4.57 Å². The zero-order valence-corrected chi connectivity index (χ0v) is 15.2. The van der Waals surface area contributed by atoms with Gasteiger partial charge in [0.1, 0.15) is 5.75 Å². The van der Waals surface area contributed by atoms with Crippen LogP contribution < -0.4 is 26.6 Å². The van der Waals surface area contributed by atoms with Gasteiger partial charge < -0.3 is 20.4 Å². The average molecular weight is 372 g/mol. The molecule has 1 atom stereocenters. The van der Waals surface area contributed by atoms with Gasteiger partial charge >= 0.3 is 5.69 Å². The van der Waals surface area contributed by atoms with Gasteiger partial charge in [-0.05, 0) is 38.5 Å². The zero-order chi connectivity index (χ0) is 19.7. The molecule has 27 heavy (non-hydrogen) atoms. The van der Waals surface area contributed by atoms with E-state index in [4.69, 9.17) is 4.74 Å². The second kappa shape index (κ2) is 7.10. The Morgan fingerprint density at radius 2 is 2.04 bits per heavy atom. The third-order valence-corrected chi connectivity index (χ3v) is 4.41. The van der Waals surface area contributed by atoms with Crippen molar-refractivity contribution in [2.75, 3.05) is 10.6 Å². The molecule has 142 valence electrons. The van der Waals surface area contributed by atoms with E-state index >= 15 is 0 Å². The molecule has 1 aromatic heterocycles. The molecule has 0 bridgehead atoms. The van der Waals surface area contributed by atoms with E-state index in [1.54, 1.807) is 32.0 Å². The van der Waals surface area contributed by atoms with Crippen LogP contribution in [0.25, 0.3) is 0 Å². The number of amides is 2. The van der Waals surface area contributed by atoms with Crippen molar-refractivity contribution >= 4 is 23.2 Å². The van der Waals surface area contributed by atoms with Gasteiger partial charge in [0.15, 0.2) is 6.10 Å². The van der Waals surface area contributed by atoms with Crippen LogP contribution in [0, 0.1) is 6.92 Å². The van der Waals surface area contributed by atoms with Crippen LogP contribution in [0.2, 0.25) is 0 Å².